The van der Waals surface area contributed by atoms with Gasteiger partial charge in [-0.05, 0) is 12.1 Å². The quantitative estimate of drug-likeness (QED) is 0.335. The third-order valence-corrected chi connectivity index (χ3v) is 3.47. The summed E-state index contributed by atoms with van der Waals surface area (Å²) < 4.78 is 9.86. The molecule has 0 spiro atoms. The van der Waals surface area contributed by atoms with Crippen molar-refractivity contribution in [2.75, 3.05) is 24.8 Å². The third-order valence-electron chi connectivity index (χ3n) is 3.17. The van der Waals surface area contributed by atoms with Gasteiger partial charge in [0.05, 0.1) is 35.0 Å². The number of aromatic nitrogens is 1. The van der Waals surface area contributed by atoms with Crippen LogP contribution in [0.2, 0.25) is 5.15 Å². The predicted octanol–water partition coefficient (Wildman–Crippen LogP) is 2.03. The molecule has 0 saturated carbocycles. The molecule has 1 aromatic carbocycles. The van der Waals surface area contributed by atoms with Crippen molar-refractivity contribution in [3.8, 4) is 5.75 Å². The summed E-state index contributed by atoms with van der Waals surface area (Å²) in [5.41, 5.74) is 5.53. The molecule has 26 heavy (non-hydrogen) atoms. The second-order valence-corrected chi connectivity index (χ2v) is 5.19. The lowest BCUT2D eigenvalue weighted by Crippen LogP contribution is -2.21. The van der Waals surface area contributed by atoms with Crippen molar-refractivity contribution in [1.29, 1.82) is 0 Å². The lowest BCUT2D eigenvalue weighted by Gasteiger charge is -2.11. The molecule has 11 heteroatoms. The monoisotopic (exact) mass is 380 g/mol. The van der Waals surface area contributed by atoms with E-state index in [1.54, 1.807) is 0 Å². The van der Waals surface area contributed by atoms with E-state index < -0.39 is 23.4 Å². The van der Waals surface area contributed by atoms with Crippen molar-refractivity contribution in [3.63, 3.8) is 0 Å². The lowest BCUT2D eigenvalue weighted by molar-refractivity contribution is -0.384. The minimum absolute atomic E-state index is 0.0225. The highest BCUT2D eigenvalue weighted by Crippen LogP contribution is 2.29. The Morgan fingerprint density at radius 1 is 1.38 bits per heavy atom. The zero-order chi connectivity index (χ0) is 19.3. The van der Waals surface area contributed by atoms with Crippen molar-refractivity contribution in [2.45, 2.75) is 0 Å². The van der Waals surface area contributed by atoms with Gasteiger partial charge in [-0.3, -0.25) is 14.9 Å². The smallest absolute Gasteiger partial charge is 0.340 e. The number of pyridine rings is 1. The molecule has 1 amide bonds. The Bertz CT molecular complexity index is 873. The fraction of sp³-hybridized carbons (Fsp3) is 0.133. The molecule has 0 unspecified atom stereocenters. The Hall–Kier alpha value is -3.40. The van der Waals surface area contributed by atoms with E-state index in [9.17, 15) is 19.7 Å². The van der Waals surface area contributed by atoms with Crippen LogP contribution in [0.1, 0.15) is 10.4 Å². The van der Waals surface area contributed by atoms with E-state index in [4.69, 9.17) is 26.8 Å². The number of benzene rings is 1. The predicted molar refractivity (Wildman–Crippen MR) is 92.2 cm³/mol. The fourth-order valence-corrected chi connectivity index (χ4v) is 2.08. The average Bonchev–Trinajstić information content (AvgIpc) is 2.62. The molecule has 0 fully saturated rings. The van der Waals surface area contributed by atoms with Gasteiger partial charge in [0.1, 0.15) is 5.75 Å². The second-order valence-electron chi connectivity index (χ2n) is 4.83. The number of esters is 1. The molecule has 2 rings (SSSR count). The number of nitrogens with two attached hydrogens (primary N) is 1. The number of nitro benzene ring substituents is 1. The number of nitrogen functional groups attached to an aromatic ring is 1. The summed E-state index contributed by atoms with van der Waals surface area (Å²) in [5, 5.41) is 13.1. The van der Waals surface area contributed by atoms with E-state index >= 15 is 0 Å². The first kappa shape index (κ1) is 18.9. The molecular formula is C15H13ClN4O6. The number of anilines is 2. The van der Waals surface area contributed by atoms with E-state index in [0.717, 1.165) is 6.07 Å². The van der Waals surface area contributed by atoms with Gasteiger partial charge in [0.25, 0.3) is 11.6 Å². The number of hydrogen-bond acceptors (Lipinski definition) is 8. The third kappa shape index (κ3) is 4.36. The normalized spacial score (nSPS) is 10.1. The molecule has 10 nitrogen and oxygen atoms in total. The molecule has 3 N–H and O–H groups in total. The molecule has 0 atom stereocenters. The topological polar surface area (TPSA) is 147 Å². The van der Waals surface area contributed by atoms with Crippen LogP contribution in [0, 0.1) is 10.1 Å². The zero-order valence-electron chi connectivity index (χ0n) is 13.4. The zero-order valence-corrected chi connectivity index (χ0v) is 14.1. The highest BCUT2D eigenvalue weighted by Gasteiger charge is 2.17. The van der Waals surface area contributed by atoms with Gasteiger partial charge in [-0.2, -0.15) is 0 Å². The molecule has 1 aromatic heterocycles. The summed E-state index contributed by atoms with van der Waals surface area (Å²) in [7, 11) is 1.30. The SMILES string of the molecule is COc1cc([N+](=O)[O-])ccc1NC(=O)COC(=O)c1ccnc(Cl)c1N. The van der Waals surface area contributed by atoms with Crippen LogP contribution in [0.5, 0.6) is 5.75 Å². The van der Waals surface area contributed by atoms with Gasteiger partial charge in [-0.15, -0.1) is 0 Å². The number of nitrogens with zero attached hydrogens (tertiary/aromatic N) is 2. The molecule has 0 aliphatic carbocycles. The van der Waals surface area contributed by atoms with Crippen molar-refractivity contribution in [2.24, 2.45) is 0 Å². The Morgan fingerprint density at radius 2 is 2.12 bits per heavy atom. The van der Waals surface area contributed by atoms with Crippen LogP contribution in [0.25, 0.3) is 0 Å². The molecular weight excluding hydrogens is 368 g/mol. The number of non-ortho nitro benzene ring substituents is 1. The maximum absolute atomic E-state index is 11.9. The van der Waals surface area contributed by atoms with Gasteiger partial charge >= 0.3 is 5.97 Å². The Labute approximate surface area is 152 Å². The van der Waals surface area contributed by atoms with Crippen LogP contribution in [0.4, 0.5) is 17.1 Å². The van der Waals surface area contributed by atoms with Gasteiger partial charge in [0, 0.05) is 12.3 Å². The van der Waals surface area contributed by atoms with Crippen LogP contribution in [-0.2, 0) is 9.53 Å². The van der Waals surface area contributed by atoms with Crippen LogP contribution < -0.4 is 15.8 Å². The van der Waals surface area contributed by atoms with Gasteiger partial charge in [0.15, 0.2) is 11.8 Å². The minimum atomic E-state index is -0.849. The summed E-state index contributed by atoms with van der Waals surface area (Å²) in [6.07, 6.45) is 1.27. The Kier molecular flexibility index (Phi) is 5.91. The minimum Gasteiger partial charge on any atom is -0.494 e. The number of nitrogens with one attached hydrogen (secondary N) is 1. The number of ether oxygens (including phenoxy) is 2. The van der Waals surface area contributed by atoms with Crippen molar-refractivity contribution >= 4 is 40.5 Å². The summed E-state index contributed by atoms with van der Waals surface area (Å²) in [5.74, 6) is -1.44. The van der Waals surface area contributed by atoms with E-state index in [1.807, 2.05) is 0 Å². The first-order valence-electron chi connectivity index (χ1n) is 7.03. The van der Waals surface area contributed by atoms with Crippen molar-refractivity contribution in [1.82, 2.24) is 4.98 Å². The number of hydrogen-bond donors (Lipinski definition) is 2. The molecule has 0 aliphatic rings. The number of amides is 1. The number of carbonyl (C=O) groups is 2. The number of halogens is 1. The summed E-state index contributed by atoms with van der Waals surface area (Å²) in [6.45, 7) is -0.613. The van der Waals surface area contributed by atoms with Crippen LogP contribution in [0.15, 0.2) is 30.5 Å². The van der Waals surface area contributed by atoms with Crippen molar-refractivity contribution < 1.29 is 24.0 Å². The molecule has 1 heterocycles. The standard InChI is InChI=1S/C15H13ClN4O6/c1-25-11-6-8(20(23)24)2-3-10(11)19-12(21)7-26-15(22)9-4-5-18-14(16)13(9)17/h2-6H,7,17H2,1H3,(H,19,21). The molecule has 0 radical (unpaired) electrons. The van der Waals surface area contributed by atoms with Gasteiger partial charge < -0.3 is 20.5 Å². The largest absolute Gasteiger partial charge is 0.494 e. The van der Waals surface area contributed by atoms with Gasteiger partial charge in [-0.1, -0.05) is 11.6 Å². The number of carbonyl (C=O) groups excluding carboxylic acids is 2. The highest BCUT2D eigenvalue weighted by molar-refractivity contribution is 6.32. The molecule has 136 valence electrons. The Morgan fingerprint density at radius 3 is 2.77 bits per heavy atom. The average molecular weight is 381 g/mol. The Balaban J connectivity index is 2.02. The van der Waals surface area contributed by atoms with E-state index in [0.29, 0.717) is 0 Å². The van der Waals surface area contributed by atoms with E-state index in [1.165, 1.54) is 31.5 Å². The first-order chi connectivity index (χ1) is 12.3. The van der Waals surface area contributed by atoms with Crippen LogP contribution >= 0.6 is 11.6 Å². The molecule has 0 aliphatic heterocycles. The summed E-state index contributed by atoms with van der Waals surface area (Å²) in [6, 6.07) is 4.96. The maximum Gasteiger partial charge on any atom is 0.340 e. The fourth-order valence-electron chi connectivity index (χ4n) is 1.92. The number of nitro groups is 1. The molecule has 2 aromatic rings. The second kappa shape index (κ2) is 8.12. The lowest BCUT2D eigenvalue weighted by atomic mass is 10.2. The van der Waals surface area contributed by atoms with Gasteiger partial charge in [0.2, 0.25) is 0 Å². The molecule has 0 saturated heterocycles. The van der Waals surface area contributed by atoms with Crippen LogP contribution in [0.3, 0.4) is 0 Å². The van der Waals surface area contributed by atoms with Crippen LogP contribution in [-0.4, -0.2) is 35.5 Å². The molecule has 0 bridgehead atoms. The summed E-state index contributed by atoms with van der Waals surface area (Å²) >= 11 is 5.71. The van der Waals surface area contributed by atoms with E-state index in [2.05, 4.69) is 10.3 Å². The maximum atomic E-state index is 11.9. The number of methoxy groups -OCH3 is 1. The van der Waals surface area contributed by atoms with E-state index in [-0.39, 0.29) is 33.5 Å². The first-order valence-corrected chi connectivity index (χ1v) is 7.40. The van der Waals surface area contributed by atoms with Gasteiger partial charge in [-0.25, -0.2) is 9.78 Å². The highest BCUT2D eigenvalue weighted by atomic mass is 35.5. The summed E-state index contributed by atoms with van der Waals surface area (Å²) in [4.78, 5) is 37.7. The van der Waals surface area contributed by atoms with Crippen molar-refractivity contribution in [3.05, 3.63) is 51.3 Å². The number of rotatable bonds is 6.